The van der Waals surface area contributed by atoms with Crippen LogP contribution in [0.4, 0.5) is 4.39 Å². The Hall–Kier alpha value is -1.20. The number of rotatable bonds is 5. The minimum atomic E-state index is -0.231. The fraction of sp³-hybridized carbons (Fsp3) is 0.250. The van der Waals surface area contributed by atoms with Crippen LogP contribution in [0.1, 0.15) is 5.56 Å². The van der Waals surface area contributed by atoms with Crippen molar-refractivity contribution in [2.75, 3.05) is 6.54 Å². The normalized spacial score (nSPS) is 10.7. The van der Waals surface area contributed by atoms with E-state index < -0.39 is 0 Å². The van der Waals surface area contributed by atoms with Crippen molar-refractivity contribution in [3.05, 3.63) is 52.5 Å². The van der Waals surface area contributed by atoms with Crippen LogP contribution in [0.25, 0.3) is 0 Å². The number of halogens is 2. The maximum Gasteiger partial charge on any atom is 0.137 e. The van der Waals surface area contributed by atoms with Crippen molar-refractivity contribution in [3.63, 3.8) is 0 Å². The van der Waals surface area contributed by atoms with E-state index in [4.69, 9.17) is 0 Å². The molecule has 0 saturated heterocycles. The summed E-state index contributed by atoms with van der Waals surface area (Å²) in [6.45, 7) is 2.38. The zero-order chi connectivity index (χ0) is 12.1. The molecule has 3 nitrogen and oxygen atoms in total. The van der Waals surface area contributed by atoms with Crippen LogP contribution in [0, 0.1) is 5.82 Å². The van der Waals surface area contributed by atoms with Crippen LogP contribution in [-0.4, -0.2) is 16.3 Å². The van der Waals surface area contributed by atoms with Gasteiger partial charge in [0.2, 0.25) is 0 Å². The van der Waals surface area contributed by atoms with E-state index >= 15 is 0 Å². The van der Waals surface area contributed by atoms with Gasteiger partial charge in [-0.3, -0.25) is 4.68 Å². The lowest BCUT2D eigenvalue weighted by Gasteiger charge is -2.06. The Morgan fingerprint density at radius 3 is 3.00 bits per heavy atom. The van der Waals surface area contributed by atoms with Crippen LogP contribution in [0.3, 0.4) is 0 Å². The number of nitrogens with zero attached hydrogens (tertiary/aromatic N) is 2. The Kier molecular flexibility index (Phi) is 4.28. The van der Waals surface area contributed by atoms with E-state index in [1.807, 2.05) is 16.9 Å². The Bertz CT molecular complexity index is 471. The quantitative estimate of drug-likeness (QED) is 0.860. The van der Waals surface area contributed by atoms with Crippen LogP contribution in [0.5, 0.6) is 0 Å². The average molecular weight is 298 g/mol. The maximum absolute atomic E-state index is 13.0. The topological polar surface area (TPSA) is 29.9 Å². The highest BCUT2D eigenvalue weighted by Gasteiger charge is 2.00. The van der Waals surface area contributed by atoms with E-state index in [9.17, 15) is 4.39 Å². The molecule has 1 N–H and O–H groups in total. The summed E-state index contributed by atoms with van der Waals surface area (Å²) < 4.78 is 15.4. The van der Waals surface area contributed by atoms with Crippen molar-refractivity contribution in [2.24, 2.45) is 0 Å². The third-order valence-corrected chi connectivity index (χ3v) is 3.00. The minimum Gasteiger partial charge on any atom is -0.311 e. The van der Waals surface area contributed by atoms with E-state index in [0.29, 0.717) is 4.47 Å². The summed E-state index contributed by atoms with van der Waals surface area (Å²) in [4.78, 5) is 0. The van der Waals surface area contributed by atoms with E-state index in [1.165, 1.54) is 6.07 Å². The lowest BCUT2D eigenvalue weighted by molar-refractivity contribution is 0.554. The number of nitrogens with one attached hydrogen (secondary N) is 1. The number of hydrogen-bond donors (Lipinski definition) is 1. The summed E-state index contributed by atoms with van der Waals surface area (Å²) >= 11 is 3.17. The zero-order valence-electron chi connectivity index (χ0n) is 9.24. The molecular weight excluding hydrogens is 285 g/mol. The highest BCUT2D eigenvalue weighted by atomic mass is 79.9. The Balaban J connectivity index is 1.76. The SMILES string of the molecule is Fc1ccc(CNCCn2cccn2)cc1Br. The smallest absolute Gasteiger partial charge is 0.137 e. The van der Waals surface area contributed by atoms with Gasteiger partial charge in [0, 0.05) is 25.5 Å². The highest BCUT2D eigenvalue weighted by molar-refractivity contribution is 9.10. The van der Waals surface area contributed by atoms with Crippen molar-refractivity contribution in [3.8, 4) is 0 Å². The monoisotopic (exact) mass is 297 g/mol. The van der Waals surface area contributed by atoms with Gasteiger partial charge in [-0.1, -0.05) is 6.07 Å². The molecule has 0 unspecified atom stereocenters. The molecule has 0 fully saturated rings. The predicted molar refractivity (Wildman–Crippen MR) is 68.0 cm³/mol. The fourth-order valence-electron chi connectivity index (χ4n) is 1.51. The number of hydrogen-bond acceptors (Lipinski definition) is 2. The van der Waals surface area contributed by atoms with E-state index in [-0.39, 0.29) is 5.82 Å². The molecule has 0 bridgehead atoms. The van der Waals surface area contributed by atoms with Gasteiger partial charge in [0.05, 0.1) is 11.0 Å². The van der Waals surface area contributed by atoms with Crippen LogP contribution < -0.4 is 5.32 Å². The molecule has 2 aromatic rings. The molecule has 1 aromatic heterocycles. The van der Waals surface area contributed by atoms with Crippen molar-refractivity contribution in [1.29, 1.82) is 0 Å². The fourth-order valence-corrected chi connectivity index (χ4v) is 1.93. The molecule has 2 rings (SSSR count). The Labute approximate surface area is 108 Å². The largest absolute Gasteiger partial charge is 0.311 e. The second-order valence-corrected chi connectivity index (χ2v) is 4.55. The molecule has 17 heavy (non-hydrogen) atoms. The average Bonchev–Trinajstić information content (AvgIpc) is 2.82. The third kappa shape index (κ3) is 3.64. The molecular formula is C12H13BrFN3. The lowest BCUT2D eigenvalue weighted by atomic mass is 10.2. The first-order chi connectivity index (χ1) is 8.25. The second-order valence-electron chi connectivity index (χ2n) is 3.69. The number of aromatic nitrogens is 2. The molecule has 0 aliphatic rings. The predicted octanol–water partition coefficient (Wildman–Crippen LogP) is 2.57. The van der Waals surface area contributed by atoms with Crippen LogP contribution in [-0.2, 0) is 13.1 Å². The molecule has 0 spiro atoms. The van der Waals surface area contributed by atoms with E-state index in [0.717, 1.165) is 25.2 Å². The number of benzene rings is 1. The lowest BCUT2D eigenvalue weighted by Crippen LogP contribution is -2.19. The van der Waals surface area contributed by atoms with Crippen LogP contribution >= 0.6 is 15.9 Å². The minimum absolute atomic E-state index is 0.231. The van der Waals surface area contributed by atoms with Gasteiger partial charge in [-0.2, -0.15) is 5.10 Å². The molecule has 0 radical (unpaired) electrons. The first kappa shape index (κ1) is 12.3. The first-order valence-electron chi connectivity index (χ1n) is 5.38. The van der Waals surface area contributed by atoms with Gasteiger partial charge in [-0.05, 0) is 39.7 Å². The summed E-state index contributed by atoms with van der Waals surface area (Å²) in [5.74, 6) is -0.231. The molecule has 0 aliphatic heterocycles. The molecule has 1 heterocycles. The molecule has 1 aromatic carbocycles. The molecule has 0 saturated carbocycles. The summed E-state index contributed by atoms with van der Waals surface area (Å²) in [6.07, 6.45) is 3.69. The third-order valence-electron chi connectivity index (χ3n) is 2.39. The van der Waals surface area contributed by atoms with Gasteiger partial charge in [0.25, 0.3) is 0 Å². The maximum atomic E-state index is 13.0. The Morgan fingerprint density at radius 1 is 1.41 bits per heavy atom. The van der Waals surface area contributed by atoms with E-state index in [2.05, 4.69) is 26.3 Å². The molecule has 90 valence electrons. The summed E-state index contributed by atoms with van der Waals surface area (Å²) in [7, 11) is 0. The zero-order valence-corrected chi connectivity index (χ0v) is 10.8. The van der Waals surface area contributed by atoms with Gasteiger partial charge >= 0.3 is 0 Å². The van der Waals surface area contributed by atoms with E-state index in [1.54, 1.807) is 18.3 Å². The van der Waals surface area contributed by atoms with Crippen LogP contribution in [0.2, 0.25) is 0 Å². The van der Waals surface area contributed by atoms with Crippen LogP contribution in [0.15, 0.2) is 41.1 Å². The highest BCUT2D eigenvalue weighted by Crippen LogP contribution is 2.16. The van der Waals surface area contributed by atoms with Crippen molar-refractivity contribution in [2.45, 2.75) is 13.1 Å². The summed E-state index contributed by atoms with van der Waals surface area (Å²) in [5, 5.41) is 7.39. The van der Waals surface area contributed by atoms with Gasteiger partial charge in [0.15, 0.2) is 0 Å². The molecule has 5 heteroatoms. The van der Waals surface area contributed by atoms with Gasteiger partial charge in [0.1, 0.15) is 5.82 Å². The molecule has 0 atom stereocenters. The van der Waals surface area contributed by atoms with Crippen molar-refractivity contribution < 1.29 is 4.39 Å². The molecule has 0 aliphatic carbocycles. The van der Waals surface area contributed by atoms with Gasteiger partial charge in [-0.15, -0.1) is 0 Å². The van der Waals surface area contributed by atoms with Gasteiger partial charge < -0.3 is 5.32 Å². The van der Waals surface area contributed by atoms with Crippen molar-refractivity contribution >= 4 is 15.9 Å². The Morgan fingerprint density at radius 2 is 2.29 bits per heavy atom. The second kappa shape index (κ2) is 5.93. The first-order valence-corrected chi connectivity index (χ1v) is 6.17. The van der Waals surface area contributed by atoms with Crippen molar-refractivity contribution in [1.82, 2.24) is 15.1 Å². The summed E-state index contributed by atoms with van der Waals surface area (Å²) in [6, 6.07) is 6.93. The summed E-state index contributed by atoms with van der Waals surface area (Å²) in [5.41, 5.74) is 1.05. The molecule has 0 amide bonds. The standard InChI is InChI=1S/C12H13BrFN3/c13-11-8-10(2-3-12(11)14)9-15-5-7-17-6-1-4-16-17/h1-4,6,8,15H,5,7,9H2. The van der Waals surface area contributed by atoms with Gasteiger partial charge in [-0.25, -0.2) is 4.39 Å².